The number of hydrogen-bond donors (Lipinski definition) is 1. The smallest absolute Gasteiger partial charge is 0.306 e. The fourth-order valence-corrected chi connectivity index (χ4v) is 5.21. The number of fused-ring (bicyclic) bond motifs is 3. The van der Waals surface area contributed by atoms with E-state index in [-0.39, 0.29) is 34.8 Å². The fraction of sp³-hybridized carbons (Fsp3) is 0.179. The number of carbonyl (C=O) groups excluding carboxylic acids is 4. The van der Waals surface area contributed by atoms with Gasteiger partial charge in [-0.3, -0.25) is 19.2 Å². The van der Waals surface area contributed by atoms with E-state index in [4.69, 9.17) is 4.74 Å². The minimum absolute atomic E-state index is 0.143. The van der Waals surface area contributed by atoms with Crippen molar-refractivity contribution in [2.75, 3.05) is 5.32 Å². The number of amides is 1. The number of ether oxygens (including phenoxy) is 1. The molecule has 1 aliphatic rings. The predicted molar refractivity (Wildman–Crippen MR) is 136 cm³/mol. The Morgan fingerprint density at radius 3 is 2.39 bits per heavy atom. The number of rotatable bonds is 7. The van der Waals surface area contributed by atoms with Gasteiger partial charge < -0.3 is 10.1 Å². The number of para-hydroxylation sites is 1. The van der Waals surface area contributed by atoms with E-state index in [1.165, 1.54) is 6.92 Å². The SMILES string of the molecule is CC(OC(=O)CCCc1nc2ccccc2s1)C(=O)Nc1cccc2c1C(=O)c1ccccc1C2=O. The summed E-state index contributed by atoms with van der Waals surface area (Å²) in [7, 11) is 0. The van der Waals surface area contributed by atoms with Crippen molar-refractivity contribution in [1.82, 2.24) is 4.98 Å². The maximum Gasteiger partial charge on any atom is 0.306 e. The quantitative estimate of drug-likeness (QED) is 0.318. The van der Waals surface area contributed by atoms with Crippen LogP contribution in [0, 0.1) is 0 Å². The van der Waals surface area contributed by atoms with Crippen LogP contribution in [0.1, 0.15) is 56.6 Å². The molecule has 1 N–H and O–H groups in total. The Kier molecular flexibility index (Phi) is 6.43. The van der Waals surface area contributed by atoms with E-state index in [9.17, 15) is 19.2 Å². The van der Waals surface area contributed by atoms with Crippen molar-refractivity contribution in [2.45, 2.75) is 32.3 Å². The van der Waals surface area contributed by atoms with Crippen molar-refractivity contribution in [3.8, 4) is 0 Å². The lowest BCUT2D eigenvalue weighted by Gasteiger charge is -2.21. The summed E-state index contributed by atoms with van der Waals surface area (Å²) < 4.78 is 6.41. The number of anilines is 1. The second kappa shape index (κ2) is 9.83. The molecule has 5 rings (SSSR count). The third kappa shape index (κ3) is 4.55. The highest BCUT2D eigenvalue weighted by Gasteiger charge is 2.32. The molecule has 1 amide bonds. The lowest BCUT2D eigenvalue weighted by atomic mass is 9.83. The standard InChI is InChI=1S/C28H22N2O5S/c1-16(35-24(31)15-7-14-23-29-20-11-4-5-13-22(20)36-23)28(34)30-21-12-6-10-19-25(21)27(33)18-9-3-2-8-17(18)26(19)32/h2-6,8-13,16H,7,14-15H2,1H3,(H,30,34). The third-order valence-electron chi connectivity index (χ3n) is 6.00. The fourth-order valence-electron chi connectivity index (χ4n) is 4.20. The van der Waals surface area contributed by atoms with Gasteiger partial charge in [-0.05, 0) is 38.0 Å². The van der Waals surface area contributed by atoms with Gasteiger partial charge in [-0.1, -0.05) is 48.5 Å². The summed E-state index contributed by atoms with van der Waals surface area (Å²) in [4.78, 5) is 55.6. The molecule has 1 aliphatic carbocycles. The van der Waals surface area contributed by atoms with E-state index in [1.54, 1.807) is 53.8 Å². The zero-order valence-electron chi connectivity index (χ0n) is 19.4. The Hall–Kier alpha value is -4.17. The van der Waals surface area contributed by atoms with Gasteiger partial charge in [0.2, 0.25) is 0 Å². The highest BCUT2D eigenvalue weighted by atomic mass is 32.1. The van der Waals surface area contributed by atoms with Crippen LogP contribution in [0.5, 0.6) is 0 Å². The number of aryl methyl sites for hydroxylation is 1. The Bertz CT molecular complexity index is 1490. The van der Waals surface area contributed by atoms with Crippen LogP contribution in [0.2, 0.25) is 0 Å². The Morgan fingerprint density at radius 2 is 1.61 bits per heavy atom. The van der Waals surface area contributed by atoms with Crippen molar-refractivity contribution in [1.29, 1.82) is 0 Å². The van der Waals surface area contributed by atoms with Crippen molar-refractivity contribution < 1.29 is 23.9 Å². The summed E-state index contributed by atoms with van der Waals surface area (Å²) in [6.45, 7) is 1.47. The van der Waals surface area contributed by atoms with E-state index < -0.39 is 18.0 Å². The van der Waals surface area contributed by atoms with Crippen molar-refractivity contribution in [3.05, 3.63) is 94.0 Å². The molecule has 0 bridgehead atoms. The van der Waals surface area contributed by atoms with Gasteiger partial charge in [-0.15, -0.1) is 11.3 Å². The number of nitrogens with zero attached hydrogens (tertiary/aromatic N) is 1. The Morgan fingerprint density at radius 1 is 0.917 bits per heavy atom. The first-order valence-corrected chi connectivity index (χ1v) is 12.4. The predicted octanol–water partition coefficient (Wildman–Crippen LogP) is 4.96. The van der Waals surface area contributed by atoms with E-state index in [1.807, 2.05) is 24.3 Å². The second-order valence-electron chi connectivity index (χ2n) is 8.48. The summed E-state index contributed by atoms with van der Waals surface area (Å²) in [6.07, 6.45) is 0.272. The summed E-state index contributed by atoms with van der Waals surface area (Å²) in [6, 6.07) is 19.2. The van der Waals surface area contributed by atoms with Gasteiger partial charge in [0.05, 0.1) is 26.5 Å². The first-order valence-electron chi connectivity index (χ1n) is 11.6. The van der Waals surface area contributed by atoms with E-state index in [2.05, 4.69) is 10.3 Å². The average Bonchev–Trinajstić information content (AvgIpc) is 3.30. The summed E-state index contributed by atoms with van der Waals surface area (Å²) in [5, 5.41) is 3.60. The number of thiazole rings is 1. The monoisotopic (exact) mass is 498 g/mol. The lowest BCUT2D eigenvalue weighted by Crippen LogP contribution is -2.31. The van der Waals surface area contributed by atoms with Gasteiger partial charge in [0.25, 0.3) is 5.91 Å². The molecule has 8 heteroatoms. The molecule has 0 spiro atoms. The molecule has 0 aliphatic heterocycles. The van der Waals surface area contributed by atoms with Crippen molar-refractivity contribution in [2.24, 2.45) is 0 Å². The Labute approximate surface area is 211 Å². The number of esters is 1. The van der Waals surface area contributed by atoms with Crippen LogP contribution in [0.3, 0.4) is 0 Å². The molecular formula is C28H22N2O5S. The molecule has 1 aromatic heterocycles. The average molecular weight is 499 g/mol. The van der Waals surface area contributed by atoms with E-state index in [0.717, 1.165) is 15.2 Å². The first-order chi connectivity index (χ1) is 17.4. The van der Waals surface area contributed by atoms with Crippen LogP contribution in [0.25, 0.3) is 10.2 Å². The maximum atomic E-state index is 13.1. The molecule has 1 unspecified atom stereocenters. The molecular weight excluding hydrogens is 476 g/mol. The zero-order chi connectivity index (χ0) is 25.2. The molecule has 3 aromatic carbocycles. The van der Waals surface area contributed by atoms with Crippen LogP contribution < -0.4 is 5.32 Å². The lowest BCUT2D eigenvalue weighted by molar-refractivity contribution is -0.153. The Balaban J connectivity index is 1.20. The molecule has 1 atom stereocenters. The van der Waals surface area contributed by atoms with E-state index in [0.29, 0.717) is 24.0 Å². The molecule has 1 heterocycles. The van der Waals surface area contributed by atoms with Crippen molar-refractivity contribution in [3.63, 3.8) is 0 Å². The van der Waals surface area contributed by atoms with Gasteiger partial charge in [-0.25, -0.2) is 4.98 Å². The minimum atomic E-state index is -1.07. The molecule has 0 saturated heterocycles. The molecule has 0 radical (unpaired) electrons. The van der Waals surface area contributed by atoms with Crippen LogP contribution in [0.15, 0.2) is 66.7 Å². The van der Waals surface area contributed by atoms with Gasteiger partial charge in [-0.2, -0.15) is 0 Å². The van der Waals surface area contributed by atoms with Crippen LogP contribution in [-0.2, 0) is 20.7 Å². The third-order valence-corrected chi connectivity index (χ3v) is 7.09. The molecule has 180 valence electrons. The topological polar surface area (TPSA) is 102 Å². The number of aromatic nitrogens is 1. The molecule has 7 nitrogen and oxygen atoms in total. The maximum absolute atomic E-state index is 13.1. The van der Waals surface area contributed by atoms with Crippen LogP contribution in [0.4, 0.5) is 5.69 Å². The largest absolute Gasteiger partial charge is 0.453 e. The first kappa shape index (κ1) is 23.6. The van der Waals surface area contributed by atoms with Gasteiger partial charge >= 0.3 is 5.97 Å². The summed E-state index contributed by atoms with van der Waals surface area (Å²) in [5.41, 5.74) is 2.16. The van der Waals surface area contributed by atoms with Crippen LogP contribution in [-0.4, -0.2) is 34.5 Å². The number of carbonyl (C=O) groups is 4. The molecule has 0 fully saturated rings. The molecule has 0 saturated carbocycles. The number of nitrogens with one attached hydrogen (secondary N) is 1. The van der Waals surface area contributed by atoms with E-state index >= 15 is 0 Å². The van der Waals surface area contributed by atoms with Crippen LogP contribution >= 0.6 is 11.3 Å². The summed E-state index contributed by atoms with van der Waals surface area (Å²) >= 11 is 1.60. The molecule has 4 aromatic rings. The number of ketones is 2. The highest BCUT2D eigenvalue weighted by molar-refractivity contribution is 7.18. The normalized spacial score (nSPS) is 13.1. The number of benzene rings is 3. The van der Waals surface area contributed by atoms with Crippen molar-refractivity contribution >= 4 is 50.7 Å². The second-order valence-corrected chi connectivity index (χ2v) is 9.60. The minimum Gasteiger partial charge on any atom is -0.453 e. The van der Waals surface area contributed by atoms with Gasteiger partial charge in [0, 0.05) is 23.1 Å². The zero-order valence-corrected chi connectivity index (χ0v) is 20.3. The molecule has 36 heavy (non-hydrogen) atoms. The number of hydrogen-bond acceptors (Lipinski definition) is 7. The van der Waals surface area contributed by atoms with Gasteiger partial charge in [0.1, 0.15) is 0 Å². The van der Waals surface area contributed by atoms with Gasteiger partial charge in [0.15, 0.2) is 17.7 Å². The highest BCUT2D eigenvalue weighted by Crippen LogP contribution is 2.32. The summed E-state index contributed by atoms with van der Waals surface area (Å²) in [5.74, 6) is -1.68.